The average Bonchev–Trinajstić information content (AvgIpc) is 2.99. The predicted molar refractivity (Wildman–Crippen MR) is 95.2 cm³/mol. The molecule has 0 radical (unpaired) electrons. The fraction of sp³-hybridized carbons (Fsp3) is 0.263. The summed E-state index contributed by atoms with van der Waals surface area (Å²) in [6.45, 7) is 3.36. The molecule has 0 spiro atoms. The molecule has 3 aromatic rings. The molecule has 24 heavy (non-hydrogen) atoms. The third-order valence-corrected chi connectivity index (χ3v) is 5.45. The summed E-state index contributed by atoms with van der Waals surface area (Å²) in [5.41, 5.74) is 4.92. The first kappa shape index (κ1) is 15.3. The van der Waals surface area contributed by atoms with Crippen LogP contribution in [0.4, 0.5) is 0 Å². The molecular formula is C19H18N2O2S. The first-order chi connectivity index (χ1) is 11.6. The second kappa shape index (κ2) is 6.00. The Morgan fingerprint density at radius 1 is 1.25 bits per heavy atom. The van der Waals surface area contributed by atoms with Crippen molar-refractivity contribution in [2.45, 2.75) is 26.5 Å². The van der Waals surface area contributed by atoms with E-state index in [2.05, 4.69) is 4.98 Å². The molecule has 1 N–H and O–H groups in total. The zero-order chi connectivity index (χ0) is 16.7. The minimum Gasteiger partial charge on any atom is -0.392 e. The van der Waals surface area contributed by atoms with E-state index in [-0.39, 0.29) is 12.5 Å². The monoisotopic (exact) mass is 338 g/mol. The van der Waals surface area contributed by atoms with Crippen LogP contribution in [0.15, 0.2) is 36.4 Å². The van der Waals surface area contributed by atoms with E-state index < -0.39 is 0 Å². The van der Waals surface area contributed by atoms with Crippen molar-refractivity contribution in [3.8, 4) is 0 Å². The lowest BCUT2D eigenvalue weighted by Gasteiger charge is -2.29. The van der Waals surface area contributed by atoms with Gasteiger partial charge in [0.1, 0.15) is 0 Å². The number of thiazole rings is 1. The quantitative estimate of drug-likeness (QED) is 0.780. The molecular weight excluding hydrogens is 320 g/mol. The van der Waals surface area contributed by atoms with Crippen molar-refractivity contribution in [3.05, 3.63) is 63.7 Å². The van der Waals surface area contributed by atoms with Gasteiger partial charge in [-0.05, 0) is 48.2 Å². The standard InChI is InChI=1S/C19H18N2O2S/c1-12-20-17-9-15(4-5-18(17)24-12)19(23)21-7-6-14-8-13(11-22)2-3-16(14)10-21/h2-5,8-9,22H,6-7,10-11H2,1H3. The molecule has 1 amide bonds. The van der Waals surface area contributed by atoms with Crippen LogP contribution in [0, 0.1) is 6.92 Å². The third kappa shape index (κ3) is 2.70. The molecule has 0 fully saturated rings. The second-order valence-corrected chi connectivity index (χ2v) is 7.39. The van der Waals surface area contributed by atoms with Crippen molar-refractivity contribution < 1.29 is 9.90 Å². The van der Waals surface area contributed by atoms with Crippen LogP contribution in [-0.2, 0) is 19.6 Å². The molecule has 0 saturated carbocycles. The predicted octanol–water partition coefficient (Wildman–Crippen LogP) is 3.30. The highest BCUT2D eigenvalue weighted by Gasteiger charge is 2.22. The third-order valence-electron chi connectivity index (χ3n) is 4.49. The van der Waals surface area contributed by atoms with Gasteiger partial charge in [-0.3, -0.25) is 4.79 Å². The molecule has 5 heteroatoms. The molecule has 0 saturated heterocycles. The Balaban J connectivity index is 1.59. The van der Waals surface area contributed by atoms with Crippen LogP contribution in [0.2, 0.25) is 0 Å². The molecule has 0 unspecified atom stereocenters. The fourth-order valence-electron chi connectivity index (χ4n) is 3.24. The van der Waals surface area contributed by atoms with Crippen molar-refractivity contribution in [3.63, 3.8) is 0 Å². The summed E-state index contributed by atoms with van der Waals surface area (Å²) in [7, 11) is 0. The molecule has 2 heterocycles. The first-order valence-corrected chi connectivity index (χ1v) is 8.84. The van der Waals surface area contributed by atoms with Crippen LogP contribution in [0.1, 0.15) is 32.1 Å². The molecule has 1 aromatic heterocycles. The van der Waals surface area contributed by atoms with E-state index in [1.54, 1.807) is 11.3 Å². The molecule has 0 atom stereocenters. The number of carbonyl (C=O) groups excluding carboxylic acids is 1. The van der Waals surface area contributed by atoms with Gasteiger partial charge < -0.3 is 10.0 Å². The largest absolute Gasteiger partial charge is 0.392 e. The first-order valence-electron chi connectivity index (χ1n) is 8.02. The zero-order valence-electron chi connectivity index (χ0n) is 13.5. The average molecular weight is 338 g/mol. The van der Waals surface area contributed by atoms with Crippen LogP contribution in [0.25, 0.3) is 10.2 Å². The van der Waals surface area contributed by atoms with Crippen molar-refractivity contribution in [2.75, 3.05) is 6.54 Å². The number of benzene rings is 2. The highest BCUT2D eigenvalue weighted by atomic mass is 32.1. The van der Waals surface area contributed by atoms with Gasteiger partial charge in [0, 0.05) is 18.7 Å². The van der Waals surface area contributed by atoms with Crippen LogP contribution in [-0.4, -0.2) is 27.4 Å². The maximum atomic E-state index is 12.8. The Hall–Kier alpha value is -2.24. The van der Waals surface area contributed by atoms with Crippen molar-refractivity contribution >= 4 is 27.5 Å². The molecule has 122 valence electrons. The van der Waals surface area contributed by atoms with Gasteiger partial charge in [0.05, 0.1) is 21.8 Å². The summed E-state index contributed by atoms with van der Waals surface area (Å²) in [4.78, 5) is 19.2. The van der Waals surface area contributed by atoms with Gasteiger partial charge in [0.2, 0.25) is 0 Å². The zero-order valence-corrected chi connectivity index (χ0v) is 14.3. The van der Waals surface area contributed by atoms with Gasteiger partial charge >= 0.3 is 0 Å². The number of hydrogen-bond acceptors (Lipinski definition) is 4. The number of aliphatic hydroxyl groups excluding tert-OH is 1. The molecule has 2 aromatic carbocycles. The van der Waals surface area contributed by atoms with Crippen LogP contribution in [0.3, 0.4) is 0 Å². The molecule has 4 rings (SSSR count). The Bertz CT molecular complexity index is 932. The van der Waals surface area contributed by atoms with E-state index in [4.69, 9.17) is 0 Å². The van der Waals surface area contributed by atoms with Gasteiger partial charge in [0.25, 0.3) is 5.91 Å². The highest BCUT2D eigenvalue weighted by Crippen LogP contribution is 2.25. The number of fused-ring (bicyclic) bond motifs is 2. The van der Waals surface area contributed by atoms with Crippen molar-refractivity contribution in [1.82, 2.24) is 9.88 Å². The number of aliphatic hydroxyl groups is 1. The minimum atomic E-state index is 0.0550. The molecule has 1 aliphatic rings. The maximum absolute atomic E-state index is 12.8. The summed E-state index contributed by atoms with van der Waals surface area (Å²) < 4.78 is 1.12. The normalized spacial score (nSPS) is 14.0. The van der Waals surface area contributed by atoms with E-state index >= 15 is 0 Å². The number of aryl methyl sites for hydroxylation is 1. The van der Waals surface area contributed by atoms with Crippen LogP contribution >= 0.6 is 11.3 Å². The summed E-state index contributed by atoms with van der Waals surface area (Å²) >= 11 is 1.65. The highest BCUT2D eigenvalue weighted by molar-refractivity contribution is 7.18. The van der Waals surface area contributed by atoms with E-state index in [0.717, 1.165) is 32.8 Å². The van der Waals surface area contributed by atoms with Gasteiger partial charge in [-0.2, -0.15) is 0 Å². The van der Waals surface area contributed by atoms with Gasteiger partial charge in [-0.15, -0.1) is 11.3 Å². The van der Waals surface area contributed by atoms with Crippen LogP contribution < -0.4 is 0 Å². The van der Waals surface area contributed by atoms with Crippen molar-refractivity contribution in [1.29, 1.82) is 0 Å². The number of carbonyl (C=O) groups is 1. The Kier molecular flexibility index (Phi) is 3.82. The number of nitrogens with zero attached hydrogens (tertiary/aromatic N) is 2. The lowest BCUT2D eigenvalue weighted by molar-refractivity contribution is 0.0734. The van der Waals surface area contributed by atoms with E-state index in [0.29, 0.717) is 18.7 Å². The van der Waals surface area contributed by atoms with Gasteiger partial charge in [-0.1, -0.05) is 18.2 Å². The summed E-state index contributed by atoms with van der Waals surface area (Å²) in [6, 6.07) is 11.8. The number of hydrogen-bond donors (Lipinski definition) is 1. The summed E-state index contributed by atoms with van der Waals surface area (Å²) in [5, 5.41) is 10.3. The number of rotatable bonds is 2. The molecule has 0 aliphatic carbocycles. The topological polar surface area (TPSA) is 53.4 Å². The lowest BCUT2D eigenvalue weighted by Crippen LogP contribution is -2.36. The Labute approximate surface area is 144 Å². The molecule has 0 bridgehead atoms. The van der Waals surface area contributed by atoms with E-state index in [1.807, 2.05) is 48.2 Å². The number of amides is 1. The lowest BCUT2D eigenvalue weighted by atomic mass is 9.97. The van der Waals surface area contributed by atoms with Crippen LogP contribution in [0.5, 0.6) is 0 Å². The van der Waals surface area contributed by atoms with Crippen molar-refractivity contribution in [2.24, 2.45) is 0 Å². The smallest absolute Gasteiger partial charge is 0.254 e. The van der Waals surface area contributed by atoms with E-state index in [9.17, 15) is 9.90 Å². The second-order valence-electron chi connectivity index (χ2n) is 6.15. The molecule has 1 aliphatic heterocycles. The van der Waals surface area contributed by atoms with Gasteiger partial charge in [-0.25, -0.2) is 4.98 Å². The number of aromatic nitrogens is 1. The van der Waals surface area contributed by atoms with Gasteiger partial charge in [0.15, 0.2) is 0 Å². The minimum absolute atomic E-state index is 0.0550. The summed E-state index contributed by atoms with van der Waals surface area (Å²) in [5.74, 6) is 0.0550. The summed E-state index contributed by atoms with van der Waals surface area (Å²) in [6.07, 6.45) is 0.826. The Morgan fingerprint density at radius 2 is 2.12 bits per heavy atom. The SMILES string of the molecule is Cc1nc2cc(C(=O)N3CCc4cc(CO)ccc4C3)ccc2s1. The maximum Gasteiger partial charge on any atom is 0.254 e. The Morgan fingerprint density at radius 3 is 2.96 bits per heavy atom. The van der Waals surface area contributed by atoms with E-state index in [1.165, 1.54) is 5.56 Å². The fourth-order valence-corrected chi connectivity index (χ4v) is 4.04. The molecule has 4 nitrogen and oxygen atoms in total.